The van der Waals surface area contributed by atoms with E-state index in [0.717, 1.165) is 73.3 Å². The zero-order chi connectivity index (χ0) is 25.7. The molecule has 1 aliphatic carbocycles. The number of carbonyl (C=O) groups is 1. The lowest BCUT2D eigenvalue weighted by molar-refractivity contribution is -0.131. The van der Waals surface area contributed by atoms with Crippen molar-refractivity contribution in [1.82, 2.24) is 24.6 Å². The van der Waals surface area contributed by atoms with Gasteiger partial charge in [0.25, 0.3) is 0 Å². The smallest absolute Gasteiger partial charge is 0.222 e. The van der Waals surface area contributed by atoms with Crippen LogP contribution in [0.4, 0.5) is 5.82 Å². The molecule has 2 aromatic carbocycles. The Bertz CT molecular complexity index is 1360. The van der Waals surface area contributed by atoms with Crippen LogP contribution in [0, 0.1) is 5.92 Å². The van der Waals surface area contributed by atoms with E-state index in [0.29, 0.717) is 18.7 Å². The number of nitrogens with zero attached hydrogens (tertiary/aromatic N) is 6. The van der Waals surface area contributed by atoms with Crippen LogP contribution >= 0.6 is 0 Å². The molecule has 196 valence electrons. The normalized spacial score (nSPS) is 16.7. The van der Waals surface area contributed by atoms with Crippen molar-refractivity contribution in [3.8, 4) is 5.69 Å². The van der Waals surface area contributed by atoms with Crippen molar-refractivity contribution in [1.29, 1.82) is 0 Å². The van der Waals surface area contributed by atoms with E-state index in [1.807, 2.05) is 47.3 Å². The summed E-state index contributed by atoms with van der Waals surface area (Å²) >= 11 is 0. The fourth-order valence-electron chi connectivity index (χ4n) is 5.96. The number of anilines is 1. The first-order valence-corrected chi connectivity index (χ1v) is 14.1. The lowest BCUT2D eigenvalue weighted by Crippen LogP contribution is -2.35. The minimum absolute atomic E-state index is 0.313. The Balaban J connectivity index is 1.26. The van der Waals surface area contributed by atoms with Crippen LogP contribution in [0.5, 0.6) is 0 Å². The number of fused-ring (bicyclic) bond motifs is 1. The quantitative estimate of drug-likeness (QED) is 0.334. The third kappa shape index (κ3) is 5.42. The summed E-state index contributed by atoms with van der Waals surface area (Å²) in [6, 6.07) is 20.5. The van der Waals surface area contributed by atoms with Crippen LogP contribution < -0.4 is 4.90 Å². The summed E-state index contributed by atoms with van der Waals surface area (Å²) < 4.78 is 1.91. The maximum atomic E-state index is 13.0. The molecule has 1 saturated heterocycles. The Labute approximate surface area is 224 Å². The van der Waals surface area contributed by atoms with Gasteiger partial charge in [-0.3, -0.25) is 4.79 Å². The maximum Gasteiger partial charge on any atom is 0.222 e. The number of para-hydroxylation sites is 1. The lowest BCUT2D eigenvalue weighted by atomic mass is 10.0. The molecular formula is C31H36N6O. The van der Waals surface area contributed by atoms with Gasteiger partial charge in [-0.1, -0.05) is 74.2 Å². The number of amides is 1. The molecule has 38 heavy (non-hydrogen) atoms. The Hall–Kier alpha value is -3.74. The molecule has 2 aromatic heterocycles. The molecule has 7 heteroatoms. The van der Waals surface area contributed by atoms with E-state index in [2.05, 4.69) is 34.1 Å². The van der Waals surface area contributed by atoms with Crippen LogP contribution in [0.25, 0.3) is 16.7 Å². The van der Waals surface area contributed by atoms with Crippen molar-refractivity contribution in [3.63, 3.8) is 0 Å². The summed E-state index contributed by atoms with van der Waals surface area (Å²) in [4.78, 5) is 27.5. The molecule has 0 spiro atoms. The van der Waals surface area contributed by atoms with Crippen molar-refractivity contribution in [2.45, 2.75) is 51.4 Å². The second-order valence-corrected chi connectivity index (χ2v) is 10.7. The summed E-state index contributed by atoms with van der Waals surface area (Å²) in [6.07, 6.45) is 10.5. The monoisotopic (exact) mass is 508 g/mol. The van der Waals surface area contributed by atoms with Crippen molar-refractivity contribution in [2.24, 2.45) is 5.92 Å². The van der Waals surface area contributed by atoms with Gasteiger partial charge >= 0.3 is 0 Å². The van der Waals surface area contributed by atoms with E-state index in [1.165, 1.54) is 31.2 Å². The van der Waals surface area contributed by atoms with Gasteiger partial charge in [-0.2, -0.15) is 5.10 Å². The Kier molecular flexibility index (Phi) is 7.33. The van der Waals surface area contributed by atoms with Crippen LogP contribution in [0.1, 0.15) is 56.3 Å². The number of hydrogen-bond donors (Lipinski definition) is 0. The summed E-state index contributed by atoms with van der Waals surface area (Å²) in [5.74, 6) is 2.77. The minimum atomic E-state index is 0.313. The highest BCUT2D eigenvalue weighted by Crippen LogP contribution is 2.30. The van der Waals surface area contributed by atoms with E-state index < -0.39 is 0 Å². The van der Waals surface area contributed by atoms with E-state index in [-0.39, 0.29) is 0 Å². The fourth-order valence-corrected chi connectivity index (χ4v) is 5.96. The molecule has 2 fully saturated rings. The van der Waals surface area contributed by atoms with Crippen LogP contribution in [0.15, 0.2) is 66.9 Å². The van der Waals surface area contributed by atoms with Crippen LogP contribution in [0.3, 0.4) is 0 Å². The summed E-state index contributed by atoms with van der Waals surface area (Å²) in [5.41, 5.74) is 2.98. The predicted octanol–water partition coefficient (Wildman–Crippen LogP) is 5.42. The molecule has 1 aliphatic heterocycles. The van der Waals surface area contributed by atoms with E-state index in [4.69, 9.17) is 15.1 Å². The largest absolute Gasteiger partial charge is 0.354 e. The number of carbonyl (C=O) groups excluding carboxylic acids is 1. The van der Waals surface area contributed by atoms with Gasteiger partial charge in [0.05, 0.1) is 17.3 Å². The lowest BCUT2D eigenvalue weighted by Gasteiger charge is -2.24. The molecule has 0 atom stereocenters. The molecule has 0 N–H and O–H groups in total. The molecule has 3 heterocycles. The van der Waals surface area contributed by atoms with Gasteiger partial charge in [0.2, 0.25) is 5.91 Å². The van der Waals surface area contributed by atoms with Gasteiger partial charge in [-0.05, 0) is 36.5 Å². The Morgan fingerprint density at radius 3 is 2.39 bits per heavy atom. The second kappa shape index (κ2) is 11.3. The van der Waals surface area contributed by atoms with E-state index in [9.17, 15) is 4.79 Å². The summed E-state index contributed by atoms with van der Waals surface area (Å²) in [6.45, 7) is 3.17. The van der Waals surface area contributed by atoms with Crippen LogP contribution in [-0.4, -0.2) is 56.7 Å². The molecule has 1 amide bonds. The van der Waals surface area contributed by atoms with Gasteiger partial charge in [0, 0.05) is 39.0 Å². The third-order valence-electron chi connectivity index (χ3n) is 8.05. The number of aromatic nitrogens is 4. The molecule has 0 radical (unpaired) electrons. The number of benzene rings is 2. The first kappa shape index (κ1) is 24.6. The average molecular weight is 509 g/mol. The molecular weight excluding hydrogens is 472 g/mol. The van der Waals surface area contributed by atoms with Gasteiger partial charge < -0.3 is 9.80 Å². The first-order chi connectivity index (χ1) is 18.7. The van der Waals surface area contributed by atoms with Crippen molar-refractivity contribution in [2.75, 3.05) is 31.1 Å². The average Bonchev–Trinajstić information content (AvgIpc) is 3.57. The fraction of sp³-hybridized carbons (Fsp3) is 0.419. The van der Waals surface area contributed by atoms with Gasteiger partial charge in [0.15, 0.2) is 5.65 Å². The molecule has 0 bridgehead atoms. The van der Waals surface area contributed by atoms with Gasteiger partial charge in [-0.15, -0.1) is 0 Å². The Morgan fingerprint density at radius 2 is 1.61 bits per heavy atom. The summed E-state index contributed by atoms with van der Waals surface area (Å²) in [7, 11) is 0. The molecule has 2 aliphatic rings. The summed E-state index contributed by atoms with van der Waals surface area (Å²) in [5, 5.41) is 5.67. The third-order valence-corrected chi connectivity index (χ3v) is 8.05. The minimum Gasteiger partial charge on any atom is -0.354 e. The number of hydrogen-bond acceptors (Lipinski definition) is 5. The van der Waals surface area contributed by atoms with E-state index >= 15 is 0 Å². The number of rotatable bonds is 7. The van der Waals surface area contributed by atoms with E-state index in [1.54, 1.807) is 0 Å². The van der Waals surface area contributed by atoms with Crippen molar-refractivity contribution >= 4 is 22.8 Å². The predicted molar refractivity (Wildman–Crippen MR) is 151 cm³/mol. The Morgan fingerprint density at radius 1 is 0.842 bits per heavy atom. The molecule has 0 unspecified atom stereocenters. The molecule has 4 aromatic rings. The highest BCUT2D eigenvalue weighted by molar-refractivity contribution is 5.88. The van der Waals surface area contributed by atoms with Gasteiger partial charge in [0.1, 0.15) is 11.6 Å². The van der Waals surface area contributed by atoms with Crippen molar-refractivity contribution < 1.29 is 4.79 Å². The highest BCUT2D eigenvalue weighted by atomic mass is 16.2. The topological polar surface area (TPSA) is 67.2 Å². The van der Waals surface area contributed by atoms with Gasteiger partial charge in [-0.25, -0.2) is 14.6 Å². The molecule has 7 nitrogen and oxygen atoms in total. The second-order valence-electron chi connectivity index (χ2n) is 10.7. The van der Waals surface area contributed by atoms with Crippen LogP contribution in [0.2, 0.25) is 0 Å². The maximum absolute atomic E-state index is 13.0. The first-order valence-electron chi connectivity index (χ1n) is 14.1. The molecule has 1 saturated carbocycles. The zero-order valence-electron chi connectivity index (χ0n) is 22.0. The zero-order valence-corrected chi connectivity index (χ0v) is 22.0. The standard InChI is InChI=1S/C31H36N6O/c38-29(17-16-24-10-7-8-11-24)35-18-9-19-36(21-20-35)30-27-23-32-37(26-14-5-2-6-15-26)31(27)34-28(33-30)22-25-12-3-1-4-13-25/h1-6,12-15,23-24H,7-11,16-22H2. The van der Waals surface area contributed by atoms with Crippen molar-refractivity contribution in [3.05, 3.63) is 78.2 Å². The van der Waals surface area contributed by atoms with Crippen LogP contribution in [-0.2, 0) is 11.2 Å². The highest BCUT2D eigenvalue weighted by Gasteiger charge is 2.24. The SMILES string of the molecule is O=C(CCC1CCCC1)N1CCCN(c2nc(Cc3ccccc3)nc3c2cnn3-c2ccccc2)CC1. The molecule has 6 rings (SSSR count).